The molecule has 0 saturated carbocycles. The fraction of sp³-hybridized carbons (Fsp3) is 0.130. The molecule has 0 aliphatic rings. The molecule has 4 nitrogen and oxygen atoms in total. The average Bonchev–Trinajstić information content (AvgIpc) is 2.74. The predicted molar refractivity (Wildman–Crippen MR) is 124 cm³/mol. The maximum Gasteiger partial charge on any atom is 0.258 e. The van der Waals surface area contributed by atoms with Crippen molar-refractivity contribution in [3.8, 4) is 0 Å². The Bertz CT molecular complexity index is 1040. The fourth-order valence-corrected chi connectivity index (χ4v) is 4.01. The van der Waals surface area contributed by atoms with E-state index in [-0.39, 0.29) is 16.7 Å². The largest absolute Gasteiger partial charge is 0.325 e. The average molecular weight is 487 g/mol. The number of hydrogen-bond acceptors (Lipinski definition) is 3. The summed E-state index contributed by atoms with van der Waals surface area (Å²) in [6.45, 7) is 1.95. The number of anilines is 2. The maximum absolute atomic E-state index is 13.8. The minimum atomic E-state index is -0.573. The van der Waals surface area contributed by atoms with Crippen LogP contribution in [0.5, 0.6) is 0 Å². The van der Waals surface area contributed by atoms with E-state index in [0.717, 1.165) is 15.1 Å². The van der Waals surface area contributed by atoms with Crippen molar-refractivity contribution in [2.45, 2.75) is 23.5 Å². The summed E-state index contributed by atoms with van der Waals surface area (Å²) in [6, 6.07) is 20.4. The van der Waals surface area contributed by atoms with E-state index < -0.39 is 11.7 Å². The van der Waals surface area contributed by atoms with Crippen LogP contribution in [0, 0.1) is 5.82 Å². The molecule has 0 aromatic heterocycles. The number of rotatable bonds is 7. The first kappa shape index (κ1) is 22.1. The minimum Gasteiger partial charge on any atom is -0.325 e. The van der Waals surface area contributed by atoms with Gasteiger partial charge in [-0.2, -0.15) is 0 Å². The zero-order valence-electron chi connectivity index (χ0n) is 16.2. The monoisotopic (exact) mass is 486 g/mol. The van der Waals surface area contributed by atoms with Crippen molar-refractivity contribution in [1.29, 1.82) is 0 Å². The summed E-state index contributed by atoms with van der Waals surface area (Å²) >= 11 is 4.79. The number of carbonyl (C=O) groups excluding carboxylic acids is 2. The minimum absolute atomic E-state index is 0.0177. The number of amides is 2. The second-order valence-corrected chi connectivity index (χ2v) is 8.66. The smallest absolute Gasteiger partial charge is 0.258 e. The summed E-state index contributed by atoms with van der Waals surface area (Å²) in [5, 5.41) is 5.33. The van der Waals surface area contributed by atoms with Crippen LogP contribution in [0.3, 0.4) is 0 Å². The Kier molecular flexibility index (Phi) is 7.65. The molecular formula is C23H20BrFN2O2S. The molecule has 3 rings (SSSR count). The van der Waals surface area contributed by atoms with Crippen molar-refractivity contribution in [2.24, 2.45) is 0 Å². The number of hydrogen-bond donors (Lipinski definition) is 2. The summed E-state index contributed by atoms with van der Waals surface area (Å²) in [5.74, 6) is -1.18. The summed E-state index contributed by atoms with van der Waals surface area (Å²) in [7, 11) is 0. The van der Waals surface area contributed by atoms with Crippen LogP contribution in [0.2, 0.25) is 0 Å². The van der Waals surface area contributed by atoms with Crippen molar-refractivity contribution in [3.63, 3.8) is 0 Å². The van der Waals surface area contributed by atoms with Gasteiger partial charge in [-0.1, -0.05) is 41.1 Å². The van der Waals surface area contributed by atoms with Gasteiger partial charge >= 0.3 is 0 Å². The van der Waals surface area contributed by atoms with Crippen LogP contribution in [-0.2, 0) is 4.79 Å². The van der Waals surface area contributed by atoms with E-state index >= 15 is 0 Å². The Labute approximate surface area is 187 Å². The summed E-state index contributed by atoms with van der Waals surface area (Å²) in [5.41, 5.74) is 1.25. The van der Waals surface area contributed by atoms with Crippen LogP contribution < -0.4 is 10.6 Å². The third-order valence-electron chi connectivity index (χ3n) is 4.26. The van der Waals surface area contributed by atoms with Crippen LogP contribution in [0.15, 0.2) is 82.2 Å². The van der Waals surface area contributed by atoms with Gasteiger partial charge in [0.05, 0.1) is 10.8 Å². The van der Waals surface area contributed by atoms with E-state index in [1.165, 1.54) is 30.0 Å². The van der Waals surface area contributed by atoms with Gasteiger partial charge in [0.25, 0.3) is 5.91 Å². The van der Waals surface area contributed by atoms with Gasteiger partial charge in [-0.05, 0) is 61.0 Å². The van der Waals surface area contributed by atoms with Crippen molar-refractivity contribution < 1.29 is 14.0 Å². The highest BCUT2D eigenvalue weighted by molar-refractivity contribution is 9.10. The lowest BCUT2D eigenvalue weighted by Gasteiger charge is -2.15. The molecule has 3 aromatic rings. The molecule has 0 spiro atoms. The highest BCUT2D eigenvalue weighted by atomic mass is 79.9. The molecule has 0 aliphatic heterocycles. The maximum atomic E-state index is 13.8. The molecule has 154 valence electrons. The van der Waals surface area contributed by atoms with E-state index in [4.69, 9.17) is 0 Å². The molecule has 30 heavy (non-hydrogen) atoms. The Hall–Kier alpha value is -2.64. The van der Waals surface area contributed by atoms with Gasteiger partial charge in [0.1, 0.15) is 5.82 Å². The molecule has 0 radical (unpaired) electrons. The molecule has 0 aliphatic carbocycles. The molecule has 0 saturated heterocycles. The number of nitrogens with one attached hydrogen (secondary N) is 2. The molecule has 0 fully saturated rings. The lowest BCUT2D eigenvalue weighted by molar-refractivity contribution is -0.115. The highest BCUT2D eigenvalue weighted by Gasteiger charge is 2.19. The van der Waals surface area contributed by atoms with Gasteiger partial charge in [0.15, 0.2) is 0 Å². The van der Waals surface area contributed by atoms with Gasteiger partial charge in [-0.25, -0.2) is 4.39 Å². The zero-order valence-corrected chi connectivity index (χ0v) is 18.6. The van der Waals surface area contributed by atoms with Crippen molar-refractivity contribution in [1.82, 2.24) is 0 Å². The van der Waals surface area contributed by atoms with E-state index in [2.05, 4.69) is 26.6 Å². The summed E-state index contributed by atoms with van der Waals surface area (Å²) in [6.07, 6.45) is 0.638. The highest BCUT2D eigenvalue weighted by Crippen LogP contribution is 2.29. The number of benzene rings is 3. The molecule has 0 heterocycles. The molecule has 0 bridgehead atoms. The molecule has 1 atom stereocenters. The molecule has 2 amide bonds. The first-order valence-electron chi connectivity index (χ1n) is 9.35. The fourth-order valence-electron chi connectivity index (χ4n) is 2.73. The first-order valence-corrected chi connectivity index (χ1v) is 11.0. The van der Waals surface area contributed by atoms with Gasteiger partial charge in [-0.15, -0.1) is 11.8 Å². The van der Waals surface area contributed by atoms with Crippen LogP contribution in [0.25, 0.3) is 0 Å². The van der Waals surface area contributed by atoms with E-state index in [9.17, 15) is 14.0 Å². The molecule has 3 aromatic carbocycles. The first-order chi connectivity index (χ1) is 14.5. The van der Waals surface area contributed by atoms with Crippen LogP contribution >= 0.6 is 27.7 Å². The van der Waals surface area contributed by atoms with Crippen molar-refractivity contribution >= 4 is 50.9 Å². The topological polar surface area (TPSA) is 58.2 Å². The molecule has 7 heteroatoms. The van der Waals surface area contributed by atoms with Crippen molar-refractivity contribution in [3.05, 3.63) is 88.6 Å². The van der Waals surface area contributed by atoms with Gasteiger partial charge in [0, 0.05) is 20.7 Å². The predicted octanol–water partition coefficient (Wildman–Crippen LogP) is 6.35. The number of carbonyl (C=O) groups is 2. The Morgan fingerprint density at radius 1 is 0.967 bits per heavy atom. The third kappa shape index (κ3) is 5.93. The lowest BCUT2D eigenvalue weighted by Crippen LogP contribution is -2.24. The zero-order chi connectivity index (χ0) is 21.5. The van der Waals surface area contributed by atoms with Crippen LogP contribution in [-0.4, -0.2) is 17.1 Å². The van der Waals surface area contributed by atoms with Gasteiger partial charge in [0.2, 0.25) is 5.91 Å². The second kappa shape index (κ2) is 10.4. The normalized spacial score (nSPS) is 11.6. The standard InChI is InChI=1S/C23H20BrFN2O2S/c1-2-21(23(29)26-16-12-10-15(24)11-13-16)30-18-7-5-6-17(14-18)27-22(28)19-8-3-4-9-20(19)25/h3-14,21H,2H2,1H3,(H,26,29)(H,27,28). The van der Waals surface area contributed by atoms with E-state index in [1.807, 2.05) is 37.3 Å². The van der Waals surface area contributed by atoms with Crippen molar-refractivity contribution in [2.75, 3.05) is 10.6 Å². The number of thioether (sulfide) groups is 1. The molecule has 2 N–H and O–H groups in total. The quantitative estimate of drug-likeness (QED) is 0.382. The van der Waals surface area contributed by atoms with Crippen LogP contribution in [0.4, 0.5) is 15.8 Å². The second-order valence-electron chi connectivity index (χ2n) is 6.47. The SMILES string of the molecule is CCC(Sc1cccc(NC(=O)c2ccccc2F)c1)C(=O)Nc1ccc(Br)cc1. The molecule has 1 unspecified atom stereocenters. The van der Waals surface area contributed by atoms with E-state index in [0.29, 0.717) is 12.1 Å². The molecular weight excluding hydrogens is 467 g/mol. The third-order valence-corrected chi connectivity index (χ3v) is 6.15. The van der Waals surface area contributed by atoms with Gasteiger partial charge in [-0.3, -0.25) is 9.59 Å². The Morgan fingerprint density at radius 2 is 1.70 bits per heavy atom. The summed E-state index contributed by atoms with van der Waals surface area (Å²) < 4.78 is 14.8. The Balaban J connectivity index is 1.67. The lowest BCUT2D eigenvalue weighted by atomic mass is 10.2. The Morgan fingerprint density at radius 3 is 2.40 bits per heavy atom. The van der Waals surface area contributed by atoms with E-state index in [1.54, 1.807) is 24.3 Å². The van der Waals surface area contributed by atoms with Gasteiger partial charge < -0.3 is 10.6 Å². The van der Waals surface area contributed by atoms with Crippen LogP contribution in [0.1, 0.15) is 23.7 Å². The summed E-state index contributed by atoms with van der Waals surface area (Å²) in [4.78, 5) is 25.8. The number of halogens is 2.